The number of aryl methyl sites for hydroxylation is 2. The van der Waals surface area contributed by atoms with E-state index in [0.717, 1.165) is 16.7 Å². The van der Waals surface area contributed by atoms with Crippen LogP contribution in [0.25, 0.3) is 11.3 Å². The highest BCUT2D eigenvalue weighted by Gasteiger charge is 2.18. The van der Waals surface area contributed by atoms with Crippen molar-refractivity contribution in [3.8, 4) is 11.3 Å². The van der Waals surface area contributed by atoms with E-state index in [2.05, 4.69) is 10.3 Å². The molecule has 0 fully saturated rings. The SMILES string of the molecule is CC(=O)c1sc(NC(=O)Cc2ccc(C)c(C)c2)nc1-c1ccccc1. The summed E-state index contributed by atoms with van der Waals surface area (Å²) in [5.74, 6) is -0.201. The van der Waals surface area contributed by atoms with Gasteiger partial charge in [0.15, 0.2) is 10.9 Å². The Bertz CT molecular complexity index is 961. The second-order valence-corrected chi connectivity index (χ2v) is 7.26. The Morgan fingerprint density at radius 2 is 1.77 bits per heavy atom. The van der Waals surface area contributed by atoms with Crippen LogP contribution in [0.5, 0.6) is 0 Å². The Morgan fingerprint density at radius 3 is 2.42 bits per heavy atom. The zero-order valence-electron chi connectivity index (χ0n) is 15.0. The lowest BCUT2D eigenvalue weighted by molar-refractivity contribution is -0.115. The highest BCUT2D eigenvalue weighted by molar-refractivity contribution is 7.18. The van der Waals surface area contributed by atoms with Crippen molar-refractivity contribution in [3.05, 3.63) is 70.1 Å². The number of hydrogen-bond donors (Lipinski definition) is 1. The van der Waals surface area contributed by atoms with Gasteiger partial charge in [0.05, 0.1) is 17.0 Å². The molecule has 0 atom stereocenters. The van der Waals surface area contributed by atoms with E-state index < -0.39 is 0 Å². The van der Waals surface area contributed by atoms with Crippen LogP contribution in [0.2, 0.25) is 0 Å². The van der Waals surface area contributed by atoms with Gasteiger partial charge in [0.2, 0.25) is 5.91 Å². The molecule has 4 nitrogen and oxygen atoms in total. The van der Waals surface area contributed by atoms with Crippen LogP contribution >= 0.6 is 11.3 Å². The van der Waals surface area contributed by atoms with E-state index in [9.17, 15) is 9.59 Å². The predicted octanol–water partition coefficient (Wildman–Crippen LogP) is 4.81. The molecule has 0 aliphatic carbocycles. The van der Waals surface area contributed by atoms with E-state index in [4.69, 9.17) is 0 Å². The van der Waals surface area contributed by atoms with Crippen molar-refractivity contribution in [2.45, 2.75) is 27.2 Å². The first kappa shape index (κ1) is 18.0. The quantitative estimate of drug-likeness (QED) is 0.661. The molecule has 5 heteroatoms. The van der Waals surface area contributed by atoms with Crippen molar-refractivity contribution >= 4 is 28.2 Å². The van der Waals surface area contributed by atoms with Gasteiger partial charge in [-0.15, -0.1) is 0 Å². The summed E-state index contributed by atoms with van der Waals surface area (Å²) < 4.78 is 0. The van der Waals surface area contributed by atoms with Crippen molar-refractivity contribution in [2.75, 3.05) is 5.32 Å². The van der Waals surface area contributed by atoms with E-state index >= 15 is 0 Å². The second kappa shape index (κ2) is 7.62. The van der Waals surface area contributed by atoms with Gasteiger partial charge in [0.25, 0.3) is 0 Å². The van der Waals surface area contributed by atoms with Gasteiger partial charge in [-0.1, -0.05) is 59.9 Å². The van der Waals surface area contributed by atoms with Crippen LogP contribution in [-0.4, -0.2) is 16.7 Å². The summed E-state index contributed by atoms with van der Waals surface area (Å²) in [6, 6.07) is 15.5. The van der Waals surface area contributed by atoms with Crippen molar-refractivity contribution in [1.29, 1.82) is 0 Å². The number of hydrogen-bond acceptors (Lipinski definition) is 4. The largest absolute Gasteiger partial charge is 0.302 e. The fraction of sp³-hybridized carbons (Fsp3) is 0.190. The van der Waals surface area contributed by atoms with Gasteiger partial charge in [-0.25, -0.2) is 4.98 Å². The minimum Gasteiger partial charge on any atom is -0.302 e. The molecule has 26 heavy (non-hydrogen) atoms. The number of benzene rings is 2. The fourth-order valence-corrected chi connectivity index (χ4v) is 3.57. The van der Waals surface area contributed by atoms with Crippen LogP contribution < -0.4 is 5.32 Å². The Kier molecular flexibility index (Phi) is 5.28. The summed E-state index contributed by atoms with van der Waals surface area (Å²) in [4.78, 5) is 29.4. The van der Waals surface area contributed by atoms with E-state index in [1.165, 1.54) is 23.8 Å². The second-order valence-electron chi connectivity index (χ2n) is 6.26. The average Bonchev–Trinajstić information content (AvgIpc) is 3.03. The van der Waals surface area contributed by atoms with E-state index in [1.54, 1.807) is 0 Å². The molecule has 0 bridgehead atoms. The Labute approximate surface area is 156 Å². The molecule has 0 saturated carbocycles. The first-order chi connectivity index (χ1) is 12.4. The van der Waals surface area contributed by atoms with Crippen LogP contribution in [0, 0.1) is 13.8 Å². The summed E-state index contributed by atoms with van der Waals surface area (Å²) >= 11 is 1.21. The lowest BCUT2D eigenvalue weighted by atomic mass is 10.0. The van der Waals surface area contributed by atoms with Gasteiger partial charge in [0.1, 0.15) is 0 Å². The Balaban J connectivity index is 1.80. The Hall–Kier alpha value is -2.79. The third-order valence-electron chi connectivity index (χ3n) is 4.18. The number of amides is 1. The molecular formula is C21H20N2O2S. The standard InChI is InChI=1S/C21H20N2O2S/c1-13-9-10-16(11-14(13)2)12-18(25)22-21-23-19(20(26-21)15(3)24)17-7-5-4-6-8-17/h4-11H,12H2,1-3H3,(H,22,23,25). The van der Waals surface area contributed by atoms with Crippen LogP contribution in [0.3, 0.4) is 0 Å². The summed E-state index contributed by atoms with van der Waals surface area (Å²) in [7, 11) is 0. The van der Waals surface area contributed by atoms with E-state index in [0.29, 0.717) is 15.7 Å². The summed E-state index contributed by atoms with van der Waals surface area (Å²) in [5, 5.41) is 3.27. The maximum absolute atomic E-state index is 12.4. The number of aromatic nitrogens is 1. The molecular weight excluding hydrogens is 344 g/mol. The van der Waals surface area contributed by atoms with Crippen molar-refractivity contribution in [1.82, 2.24) is 4.98 Å². The van der Waals surface area contributed by atoms with E-state index in [-0.39, 0.29) is 18.1 Å². The first-order valence-electron chi connectivity index (χ1n) is 8.37. The molecule has 1 amide bonds. The number of nitrogens with zero attached hydrogens (tertiary/aromatic N) is 1. The van der Waals surface area contributed by atoms with Gasteiger partial charge in [-0.05, 0) is 30.5 Å². The molecule has 0 spiro atoms. The third-order valence-corrected chi connectivity index (χ3v) is 5.25. The third kappa shape index (κ3) is 4.06. The molecule has 0 saturated heterocycles. The minimum absolute atomic E-state index is 0.0592. The van der Waals surface area contributed by atoms with Crippen LogP contribution in [0.15, 0.2) is 48.5 Å². The molecule has 0 unspecified atom stereocenters. The number of rotatable bonds is 5. The molecule has 3 aromatic rings. The fourth-order valence-electron chi connectivity index (χ4n) is 2.67. The number of Topliss-reactive ketones (excluding diaryl/α,β-unsaturated/α-hetero) is 1. The smallest absolute Gasteiger partial charge is 0.230 e. The highest BCUT2D eigenvalue weighted by atomic mass is 32.1. The van der Waals surface area contributed by atoms with Crippen molar-refractivity contribution < 1.29 is 9.59 Å². The summed E-state index contributed by atoms with van der Waals surface area (Å²) in [5.41, 5.74) is 4.80. The van der Waals surface area contributed by atoms with Crippen molar-refractivity contribution in [2.24, 2.45) is 0 Å². The van der Waals surface area contributed by atoms with Gasteiger partial charge in [0, 0.05) is 12.5 Å². The molecule has 132 valence electrons. The predicted molar refractivity (Wildman–Crippen MR) is 106 cm³/mol. The van der Waals surface area contributed by atoms with Gasteiger partial charge in [-0.3, -0.25) is 9.59 Å². The summed E-state index contributed by atoms with van der Waals surface area (Å²) in [6.45, 7) is 5.59. The van der Waals surface area contributed by atoms with Gasteiger partial charge in [-0.2, -0.15) is 0 Å². The van der Waals surface area contributed by atoms with Gasteiger partial charge >= 0.3 is 0 Å². The molecule has 3 rings (SSSR count). The minimum atomic E-state index is -0.142. The lowest BCUT2D eigenvalue weighted by Crippen LogP contribution is -2.14. The number of anilines is 1. The maximum Gasteiger partial charge on any atom is 0.230 e. The normalized spacial score (nSPS) is 10.6. The summed E-state index contributed by atoms with van der Waals surface area (Å²) in [6.07, 6.45) is 0.275. The zero-order chi connectivity index (χ0) is 18.7. The number of carbonyl (C=O) groups excluding carboxylic acids is 2. The van der Waals surface area contributed by atoms with E-state index in [1.807, 2.05) is 62.4 Å². The number of nitrogens with one attached hydrogen (secondary N) is 1. The monoisotopic (exact) mass is 364 g/mol. The average molecular weight is 364 g/mol. The maximum atomic E-state index is 12.4. The topological polar surface area (TPSA) is 59.1 Å². The lowest BCUT2D eigenvalue weighted by Gasteiger charge is -2.05. The molecule has 1 aromatic heterocycles. The molecule has 0 radical (unpaired) electrons. The van der Waals surface area contributed by atoms with Crippen LogP contribution in [0.4, 0.5) is 5.13 Å². The highest BCUT2D eigenvalue weighted by Crippen LogP contribution is 2.31. The van der Waals surface area contributed by atoms with Crippen LogP contribution in [0.1, 0.15) is 33.3 Å². The molecule has 1 heterocycles. The number of carbonyl (C=O) groups is 2. The first-order valence-corrected chi connectivity index (χ1v) is 9.19. The molecule has 2 aromatic carbocycles. The molecule has 1 N–H and O–H groups in total. The molecule has 0 aliphatic heterocycles. The number of thiazole rings is 1. The number of ketones is 1. The van der Waals surface area contributed by atoms with Gasteiger partial charge < -0.3 is 5.32 Å². The zero-order valence-corrected chi connectivity index (χ0v) is 15.8. The van der Waals surface area contributed by atoms with Crippen LogP contribution in [-0.2, 0) is 11.2 Å². The Morgan fingerprint density at radius 1 is 1.04 bits per heavy atom. The molecule has 0 aliphatic rings. The van der Waals surface area contributed by atoms with Crippen molar-refractivity contribution in [3.63, 3.8) is 0 Å².